The van der Waals surface area contributed by atoms with Crippen molar-refractivity contribution in [2.24, 2.45) is 22.1 Å². The number of H-pyrrole nitrogens is 1. The topological polar surface area (TPSA) is 122 Å². The summed E-state index contributed by atoms with van der Waals surface area (Å²) < 4.78 is 0. The van der Waals surface area contributed by atoms with Gasteiger partial charge in [0, 0.05) is 18.7 Å². The minimum atomic E-state index is -0.650. The summed E-state index contributed by atoms with van der Waals surface area (Å²) in [6, 6.07) is 9.07. The maximum atomic E-state index is 14.1. The van der Waals surface area contributed by atoms with Crippen molar-refractivity contribution in [2.75, 3.05) is 13.1 Å². The van der Waals surface area contributed by atoms with E-state index in [1.165, 1.54) is 0 Å². The van der Waals surface area contributed by atoms with Gasteiger partial charge in [-0.3, -0.25) is 14.6 Å². The summed E-state index contributed by atoms with van der Waals surface area (Å²) >= 11 is 0. The predicted octanol–water partition coefficient (Wildman–Crippen LogP) is 8.59. The van der Waals surface area contributed by atoms with Crippen LogP contribution in [0.1, 0.15) is 120 Å². The van der Waals surface area contributed by atoms with Crippen molar-refractivity contribution in [1.29, 1.82) is 5.26 Å². The fourth-order valence-electron chi connectivity index (χ4n) is 5.16. The molecule has 1 heterocycles. The monoisotopic (exact) mass is 563 g/mol. The van der Waals surface area contributed by atoms with Crippen LogP contribution in [-0.4, -0.2) is 34.0 Å². The molecule has 41 heavy (non-hydrogen) atoms. The fraction of sp³-hybridized carbons (Fsp3) is 0.606. The van der Waals surface area contributed by atoms with Crippen molar-refractivity contribution < 1.29 is 9.90 Å². The summed E-state index contributed by atoms with van der Waals surface area (Å²) in [4.78, 5) is 30.7. The van der Waals surface area contributed by atoms with Gasteiger partial charge in [0.05, 0.1) is 11.3 Å². The van der Waals surface area contributed by atoms with Gasteiger partial charge >= 0.3 is 0 Å². The van der Waals surface area contributed by atoms with Crippen LogP contribution in [0.25, 0.3) is 0 Å². The number of unbranched alkanes of at least 4 members (excludes halogenated alkanes) is 3. The third-order valence-electron chi connectivity index (χ3n) is 7.89. The second-order valence-corrected chi connectivity index (χ2v) is 11.0. The number of nitrogens with zero attached hydrogens (tertiary/aromatic N) is 4. The average molecular weight is 564 g/mol. The molecule has 0 aliphatic rings. The van der Waals surface area contributed by atoms with Crippen molar-refractivity contribution in [3.8, 4) is 11.9 Å². The van der Waals surface area contributed by atoms with Gasteiger partial charge in [0.15, 0.2) is 5.69 Å². The number of pyridine rings is 1. The number of aromatic hydroxyl groups is 1. The van der Waals surface area contributed by atoms with Crippen molar-refractivity contribution in [3.63, 3.8) is 0 Å². The maximum absolute atomic E-state index is 14.1. The quantitative estimate of drug-likeness (QED) is 0.176. The Hall–Kier alpha value is -3.47. The molecular formula is C33H49N5O3. The maximum Gasteiger partial charge on any atom is 0.269 e. The highest BCUT2D eigenvalue weighted by Gasteiger charge is 2.25. The van der Waals surface area contributed by atoms with E-state index in [2.05, 4.69) is 42.9 Å². The summed E-state index contributed by atoms with van der Waals surface area (Å²) in [6.07, 6.45) is 10.8. The second kappa shape index (κ2) is 18.1. The van der Waals surface area contributed by atoms with Crippen molar-refractivity contribution >= 4 is 17.3 Å². The Morgan fingerprint density at radius 3 is 2.07 bits per heavy atom. The molecule has 2 aromatic rings. The number of benzene rings is 1. The number of carbonyl (C=O) groups is 1. The molecule has 224 valence electrons. The Bertz CT molecular complexity index is 1210. The lowest BCUT2D eigenvalue weighted by molar-refractivity contribution is 0.0685. The zero-order valence-corrected chi connectivity index (χ0v) is 25.7. The van der Waals surface area contributed by atoms with Crippen LogP contribution in [0, 0.1) is 23.2 Å². The van der Waals surface area contributed by atoms with Crippen LogP contribution in [0.3, 0.4) is 0 Å². The van der Waals surface area contributed by atoms with Crippen molar-refractivity contribution in [1.82, 2.24) is 9.88 Å². The van der Waals surface area contributed by atoms with E-state index < -0.39 is 11.4 Å². The number of aromatic nitrogens is 1. The number of hydrogen-bond donors (Lipinski definition) is 2. The van der Waals surface area contributed by atoms with E-state index >= 15 is 0 Å². The van der Waals surface area contributed by atoms with Gasteiger partial charge in [-0.25, -0.2) is 0 Å². The zero-order valence-electron chi connectivity index (χ0n) is 25.7. The Morgan fingerprint density at radius 2 is 1.54 bits per heavy atom. The number of nitrogens with one attached hydrogen (secondary N) is 1. The van der Waals surface area contributed by atoms with Crippen LogP contribution >= 0.6 is 0 Å². The van der Waals surface area contributed by atoms with Crippen LogP contribution in [0.5, 0.6) is 5.88 Å². The Morgan fingerprint density at radius 1 is 0.951 bits per heavy atom. The lowest BCUT2D eigenvalue weighted by Gasteiger charge is -2.31. The fourth-order valence-corrected chi connectivity index (χ4v) is 5.16. The molecule has 0 saturated heterocycles. The summed E-state index contributed by atoms with van der Waals surface area (Å²) in [5, 5.41) is 28.8. The van der Waals surface area contributed by atoms with Crippen LogP contribution in [0.15, 0.2) is 39.3 Å². The van der Waals surface area contributed by atoms with E-state index in [0.717, 1.165) is 64.2 Å². The second-order valence-electron chi connectivity index (χ2n) is 11.0. The summed E-state index contributed by atoms with van der Waals surface area (Å²) in [6.45, 7) is 12.2. The molecular weight excluding hydrogens is 514 g/mol. The highest BCUT2D eigenvalue weighted by atomic mass is 16.3. The first-order chi connectivity index (χ1) is 19.8. The van der Waals surface area contributed by atoms with Crippen LogP contribution in [0.2, 0.25) is 0 Å². The molecule has 0 aliphatic heterocycles. The van der Waals surface area contributed by atoms with Gasteiger partial charge in [0.1, 0.15) is 11.6 Å². The normalized spacial score (nSPS) is 12.8. The lowest BCUT2D eigenvalue weighted by atomic mass is 9.95. The first-order valence-electron chi connectivity index (χ1n) is 15.5. The average Bonchev–Trinajstić information content (AvgIpc) is 2.98. The first kappa shape index (κ1) is 33.7. The summed E-state index contributed by atoms with van der Waals surface area (Å²) in [5.41, 5.74) is 0.542. The molecule has 1 aromatic carbocycles. The standard InChI is InChI=1S/C33H49N5O3/c1-6-11-16-24(9-4)22-38(23-25(10-5)17-12-7-2)33(41)27-19-14-15-20-29(27)36-37-30-26(18-13-8-3)28(21-34)31(39)35-32(30)40/h14-15,19-20,24-25H,6-13,16-18,22-23H2,1-5H3,(H2,35,39,40)/b37-36+. The number of amides is 1. The molecule has 2 rings (SSSR count). The van der Waals surface area contributed by atoms with Crippen LogP contribution < -0.4 is 5.56 Å². The molecule has 0 aliphatic carbocycles. The van der Waals surface area contributed by atoms with Gasteiger partial charge in [0.2, 0.25) is 5.88 Å². The smallest absolute Gasteiger partial charge is 0.269 e. The third kappa shape index (κ3) is 9.84. The molecule has 2 N–H and O–H groups in total. The van der Waals surface area contributed by atoms with Crippen LogP contribution in [-0.2, 0) is 6.42 Å². The molecule has 8 nitrogen and oxygen atoms in total. The molecule has 0 bridgehead atoms. The zero-order chi connectivity index (χ0) is 30.2. The van der Waals surface area contributed by atoms with E-state index in [-0.39, 0.29) is 17.2 Å². The predicted molar refractivity (Wildman–Crippen MR) is 165 cm³/mol. The largest absolute Gasteiger partial charge is 0.493 e. The van der Waals surface area contributed by atoms with Gasteiger partial charge in [-0.15, -0.1) is 10.2 Å². The van der Waals surface area contributed by atoms with Gasteiger partial charge in [0.25, 0.3) is 11.5 Å². The summed E-state index contributed by atoms with van der Waals surface area (Å²) in [5.74, 6) is 0.358. The number of rotatable bonds is 18. The lowest BCUT2D eigenvalue weighted by Crippen LogP contribution is -2.39. The van der Waals surface area contributed by atoms with E-state index in [1.54, 1.807) is 18.2 Å². The Balaban J connectivity index is 2.51. The van der Waals surface area contributed by atoms with Crippen LogP contribution in [0.4, 0.5) is 11.4 Å². The highest BCUT2D eigenvalue weighted by Crippen LogP contribution is 2.33. The molecule has 1 aromatic heterocycles. The van der Waals surface area contributed by atoms with Gasteiger partial charge in [-0.2, -0.15) is 5.26 Å². The molecule has 2 unspecified atom stereocenters. The van der Waals surface area contributed by atoms with E-state index in [1.807, 2.05) is 24.0 Å². The molecule has 0 spiro atoms. The van der Waals surface area contributed by atoms with Gasteiger partial charge in [-0.1, -0.05) is 91.7 Å². The minimum Gasteiger partial charge on any atom is -0.493 e. The number of hydrogen-bond acceptors (Lipinski definition) is 6. The molecule has 0 radical (unpaired) electrons. The molecule has 1 amide bonds. The minimum absolute atomic E-state index is 0.0601. The SMILES string of the molecule is CCCCc1c(/N=N/c2ccccc2C(=O)N(CC(CC)CCCC)CC(CC)CCCC)c(O)[nH]c(=O)c1C#N. The number of aromatic amines is 1. The molecule has 2 atom stereocenters. The third-order valence-corrected chi connectivity index (χ3v) is 7.89. The Labute approximate surface area is 245 Å². The molecule has 0 saturated carbocycles. The van der Waals surface area contributed by atoms with Crippen molar-refractivity contribution in [3.05, 3.63) is 51.3 Å². The van der Waals surface area contributed by atoms with Crippen molar-refractivity contribution in [2.45, 2.75) is 105 Å². The highest BCUT2D eigenvalue weighted by molar-refractivity contribution is 5.99. The summed E-state index contributed by atoms with van der Waals surface area (Å²) in [7, 11) is 0. The first-order valence-corrected chi connectivity index (χ1v) is 15.5. The Kier molecular flexibility index (Phi) is 14.9. The number of carbonyl (C=O) groups excluding carboxylic acids is 1. The van der Waals surface area contributed by atoms with Gasteiger partial charge < -0.3 is 10.0 Å². The molecule has 0 fully saturated rings. The van der Waals surface area contributed by atoms with E-state index in [0.29, 0.717) is 48.2 Å². The van der Waals surface area contributed by atoms with Gasteiger partial charge in [-0.05, 0) is 49.7 Å². The number of azo groups is 1. The van der Waals surface area contributed by atoms with E-state index in [9.17, 15) is 20.0 Å². The number of nitriles is 1. The molecule has 8 heteroatoms. The van der Waals surface area contributed by atoms with E-state index in [4.69, 9.17) is 0 Å².